The highest BCUT2D eigenvalue weighted by Crippen LogP contribution is 2.40. The molecule has 0 atom stereocenters. The van der Waals surface area contributed by atoms with Crippen LogP contribution in [0.1, 0.15) is 61.0 Å². The van der Waals surface area contributed by atoms with Gasteiger partial charge in [0.05, 0.1) is 22.4 Å². The summed E-state index contributed by atoms with van der Waals surface area (Å²) in [7, 11) is -0.785. The van der Waals surface area contributed by atoms with E-state index in [2.05, 4.69) is 72.3 Å². The summed E-state index contributed by atoms with van der Waals surface area (Å²) >= 11 is 0. The summed E-state index contributed by atoms with van der Waals surface area (Å²) in [4.78, 5) is 2.16. The molecule has 1 aromatic rings. The molecular formula is C20H33B2NO4. The second-order valence-electron chi connectivity index (χ2n) is 9.66. The second kappa shape index (κ2) is 6.89. The third-order valence-electron chi connectivity index (χ3n) is 6.45. The Hall–Kier alpha value is -0.850. The summed E-state index contributed by atoms with van der Waals surface area (Å²) in [6.07, 6.45) is 0.568. The summed E-state index contributed by atoms with van der Waals surface area (Å²) in [5.41, 5.74) is -0.285. The average Bonchev–Trinajstić information content (AvgIpc) is 2.87. The van der Waals surface area contributed by atoms with Gasteiger partial charge in [0, 0.05) is 13.0 Å². The smallest absolute Gasteiger partial charge is 0.402 e. The van der Waals surface area contributed by atoms with Crippen LogP contribution in [0, 0.1) is 0 Å². The molecule has 148 valence electrons. The molecule has 27 heavy (non-hydrogen) atoms. The predicted octanol–water partition coefficient (Wildman–Crippen LogP) is 3.71. The van der Waals surface area contributed by atoms with Crippen LogP contribution in [0.15, 0.2) is 30.3 Å². The molecule has 2 saturated heterocycles. The van der Waals surface area contributed by atoms with Crippen molar-refractivity contribution in [2.75, 3.05) is 6.44 Å². The first kappa shape index (κ1) is 20.9. The van der Waals surface area contributed by atoms with E-state index in [1.165, 1.54) is 5.56 Å². The van der Waals surface area contributed by atoms with Gasteiger partial charge in [0.2, 0.25) is 0 Å². The van der Waals surface area contributed by atoms with Gasteiger partial charge in [-0.1, -0.05) is 30.3 Å². The van der Waals surface area contributed by atoms with E-state index in [1.807, 2.05) is 18.2 Å². The third kappa shape index (κ3) is 4.13. The Morgan fingerprint density at radius 3 is 1.63 bits per heavy atom. The first-order valence-electron chi connectivity index (χ1n) is 9.82. The van der Waals surface area contributed by atoms with E-state index in [4.69, 9.17) is 18.6 Å². The molecule has 0 radical (unpaired) electrons. The Labute approximate surface area is 165 Å². The van der Waals surface area contributed by atoms with Crippen molar-refractivity contribution in [1.29, 1.82) is 0 Å². The van der Waals surface area contributed by atoms with Gasteiger partial charge in [-0.3, -0.25) is 4.81 Å². The largest absolute Gasteiger partial charge is 0.558 e. The van der Waals surface area contributed by atoms with E-state index in [0.717, 1.165) is 0 Å². The van der Waals surface area contributed by atoms with Crippen LogP contribution in [0.3, 0.4) is 0 Å². The summed E-state index contributed by atoms with van der Waals surface area (Å²) in [5, 5.41) is 0. The highest BCUT2D eigenvalue weighted by molar-refractivity contribution is 6.49. The third-order valence-corrected chi connectivity index (χ3v) is 6.45. The fourth-order valence-electron chi connectivity index (χ4n) is 3.24. The fraction of sp³-hybridized carbons (Fsp3) is 0.700. The zero-order chi connectivity index (χ0) is 20.1. The maximum absolute atomic E-state index is 6.31. The molecule has 5 nitrogen and oxygen atoms in total. The van der Waals surface area contributed by atoms with E-state index in [-0.39, 0.29) is 29.5 Å². The zero-order valence-corrected chi connectivity index (χ0v) is 18.0. The minimum atomic E-state index is -0.450. The Morgan fingerprint density at radius 2 is 1.15 bits per heavy atom. The molecule has 3 rings (SSSR count). The molecule has 2 heterocycles. The topological polar surface area (TPSA) is 40.2 Å². The first-order valence-corrected chi connectivity index (χ1v) is 9.82. The van der Waals surface area contributed by atoms with Gasteiger partial charge in [-0.05, 0) is 61.0 Å². The molecule has 2 aliphatic rings. The minimum absolute atomic E-state index is 0.335. The van der Waals surface area contributed by atoms with Gasteiger partial charge >= 0.3 is 14.4 Å². The SMILES string of the molecule is CC1(C)OB(CN(Cc2ccccc2)B2OC(C)(C)C(C)(C)O2)OC1(C)C. The van der Waals surface area contributed by atoms with Crippen LogP contribution in [0.4, 0.5) is 0 Å². The lowest BCUT2D eigenvalue weighted by Gasteiger charge is -2.32. The molecule has 0 spiro atoms. The molecule has 0 N–H and O–H groups in total. The lowest BCUT2D eigenvalue weighted by molar-refractivity contribution is 0.00578. The summed E-state index contributed by atoms with van der Waals surface area (Å²) < 4.78 is 25.1. The molecule has 1 aromatic carbocycles. The van der Waals surface area contributed by atoms with E-state index in [9.17, 15) is 0 Å². The van der Waals surface area contributed by atoms with Gasteiger partial charge in [-0.25, -0.2) is 0 Å². The van der Waals surface area contributed by atoms with Crippen LogP contribution in [0.25, 0.3) is 0 Å². The van der Waals surface area contributed by atoms with Crippen molar-refractivity contribution < 1.29 is 18.6 Å². The van der Waals surface area contributed by atoms with Crippen LogP contribution >= 0.6 is 0 Å². The van der Waals surface area contributed by atoms with E-state index in [0.29, 0.717) is 13.0 Å². The normalized spacial score (nSPS) is 25.4. The van der Waals surface area contributed by atoms with Crippen LogP contribution in [-0.4, -0.2) is 48.0 Å². The lowest BCUT2D eigenvalue weighted by Crippen LogP contribution is -2.48. The van der Waals surface area contributed by atoms with E-state index < -0.39 is 7.25 Å². The van der Waals surface area contributed by atoms with Crippen molar-refractivity contribution in [3.05, 3.63) is 35.9 Å². The monoisotopic (exact) mass is 373 g/mol. The number of nitrogens with zero attached hydrogens (tertiary/aromatic N) is 1. The van der Waals surface area contributed by atoms with Gasteiger partial charge in [0.1, 0.15) is 0 Å². The van der Waals surface area contributed by atoms with Gasteiger partial charge in [0.25, 0.3) is 0 Å². The highest BCUT2D eigenvalue weighted by Gasteiger charge is 2.56. The minimum Gasteiger partial charge on any atom is -0.402 e. The van der Waals surface area contributed by atoms with Crippen molar-refractivity contribution in [3.63, 3.8) is 0 Å². The lowest BCUT2D eigenvalue weighted by atomic mass is 9.85. The van der Waals surface area contributed by atoms with Crippen molar-refractivity contribution in [1.82, 2.24) is 4.81 Å². The van der Waals surface area contributed by atoms with Gasteiger partial charge in [-0.2, -0.15) is 0 Å². The molecule has 7 heteroatoms. The first-order chi connectivity index (χ1) is 12.3. The Bertz CT molecular complexity index is 631. The van der Waals surface area contributed by atoms with Crippen molar-refractivity contribution >= 4 is 14.4 Å². The standard InChI is InChI=1S/C20H33B2NO4/c1-17(2)18(3,4)25-21(24-17)15-23(14-16-12-10-9-11-13-16)22-26-19(5,6)20(7,8)27-22/h9-13H,14-15H2,1-8H3. The number of rotatable bonds is 5. The van der Waals surface area contributed by atoms with E-state index in [1.54, 1.807) is 0 Å². The molecular weight excluding hydrogens is 340 g/mol. The van der Waals surface area contributed by atoms with Crippen LogP contribution in [-0.2, 0) is 25.2 Å². The van der Waals surface area contributed by atoms with Crippen molar-refractivity contribution in [2.24, 2.45) is 0 Å². The zero-order valence-electron chi connectivity index (χ0n) is 18.0. The summed E-state index contributed by atoms with van der Waals surface area (Å²) in [6, 6.07) is 10.3. The van der Waals surface area contributed by atoms with Crippen molar-refractivity contribution in [3.8, 4) is 0 Å². The summed E-state index contributed by atoms with van der Waals surface area (Å²) in [6.45, 7) is 17.3. The molecule has 0 unspecified atom stereocenters. The maximum atomic E-state index is 6.31. The molecule has 2 fully saturated rings. The van der Waals surface area contributed by atoms with E-state index >= 15 is 0 Å². The number of benzene rings is 1. The Morgan fingerprint density at radius 1 is 0.704 bits per heavy atom. The highest BCUT2D eigenvalue weighted by atomic mass is 16.7. The number of hydrogen-bond donors (Lipinski definition) is 0. The van der Waals surface area contributed by atoms with Gasteiger partial charge in [0.15, 0.2) is 0 Å². The predicted molar refractivity (Wildman–Crippen MR) is 109 cm³/mol. The van der Waals surface area contributed by atoms with Crippen LogP contribution in [0.5, 0.6) is 0 Å². The Balaban J connectivity index is 1.79. The fourth-order valence-corrected chi connectivity index (χ4v) is 3.24. The molecule has 0 aromatic heterocycles. The van der Waals surface area contributed by atoms with Gasteiger partial charge < -0.3 is 18.6 Å². The molecule has 0 amide bonds. The average molecular weight is 373 g/mol. The maximum Gasteiger partial charge on any atom is 0.558 e. The quantitative estimate of drug-likeness (QED) is 0.737. The van der Waals surface area contributed by atoms with Crippen LogP contribution in [0.2, 0.25) is 0 Å². The second-order valence-corrected chi connectivity index (χ2v) is 9.66. The molecule has 2 aliphatic heterocycles. The number of hydrogen-bond acceptors (Lipinski definition) is 5. The summed E-state index contributed by atoms with van der Waals surface area (Å²) in [5.74, 6) is 0. The molecule has 0 bridgehead atoms. The van der Waals surface area contributed by atoms with Crippen molar-refractivity contribution in [2.45, 2.75) is 84.3 Å². The molecule has 0 aliphatic carbocycles. The van der Waals surface area contributed by atoms with Gasteiger partial charge in [-0.15, -0.1) is 0 Å². The molecule has 0 saturated carbocycles. The van der Waals surface area contributed by atoms with Crippen LogP contribution < -0.4 is 0 Å². The Kier molecular flexibility index (Phi) is 5.32.